The van der Waals surface area contributed by atoms with Crippen LogP contribution in [0.3, 0.4) is 0 Å². The number of likely N-dealkylation sites (tertiary alicyclic amines) is 1. The van der Waals surface area contributed by atoms with Gasteiger partial charge in [-0.3, -0.25) is 0 Å². The molecule has 4 unspecified atom stereocenters. The molecule has 0 aromatic rings. The van der Waals surface area contributed by atoms with E-state index in [1.54, 1.807) is 0 Å². The van der Waals surface area contributed by atoms with Crippen LogP contribution in [0.2, 0.25) is 0 Å². The third-order valence-corrected chi connectivity index (χ3v) is 4.40. The fraction of sp³-hybridized carbons (Fsp3) is 1.00. The molecule has 0 bridgehead atoms. The minimum absolute atomic E-state index is 0.781. The molecule has 2 aliphatic carbocycles. The second kappa shape index (κ2) is 3.21. The number of nitrogens with zero attached hydrogens (tertiary/aromatic N) is 1. The summed E-state index contributed by atoms with van der Waals surface area (Å²) in [6.45, 7) is 3.60. The van der Waals surface area contributed by atoms with E-state index in [0.29, 0.717) is 0 Å². The zero-order valence-electron chi connectivity index (χ0n) is 9.37. The largest absolute Gasteiger partial charge is 0.310 e. The summed E-state index contributed by atoms with van der Waals surface area (Å²) in [4.78, 5) is 2.48. The summed E-state index contributed by atoms with van der Waals surface area (Å²) in [6, 6.07) is 2.46. The topological polar surface area (TPSA) is 15.3 Å². The summed E-state index contributed by atoms with van der Waals surface area (Å²) < 4.78 is 0. The normalized spacial score (nSPS) is 48.4. The lowest BCUT2D eigenvalue weighted by Gasteiger charge is -2.13. The maximum atomic E-state index is 3.84. The van der Waals surface area contributed by atoms with Crippen molar-refractivity contribution in [3.63, 3.8) is 0 Å². The first-order chi connectivity index (χ1) is 6.74. The number of rotatable bonds is 3. The molecule has 0 amide bonds. The second-order valence-electron chi connectivity index (χ2n) is 5.73. The Morgan fingerprint density at radius 2 is 2.00 bits per heavy atom. The molecule has 4 atom stereocenters. The Balaban J connectivity index is 1.45. The maximum Gasteiger partial charge on any atom is 0.0212 e. The van der Waals surface area contributed by atoms with Gasteiger partial charge in [-0.1, -0.05) is 0 Å². The van der Waals surface area contributed by atoms with E-state index >= 15 is 0 Å². The zero-order valence-corrected chi connectivity index (χ0v) is 9.37. The van der Waals surface area contributed by atoms with E-state index in [0.717, 1.165) is 30.0 Å². The van der Waals surface area contributed by atoms with Gasteiger partial charge in [-0.15, -0.1) is 0 Å². The lowest BCUT2D eigenvalue weighted by molar-refractivity contribution is 0.326. The van der Waals surface area contributed by atoms with Crippen LogP contribution in [0.1, 0.15) is 32.6 Å². The quantitative estimate of drug-likeness (QED) is 0.732. The monoisotopic (exact) mass is 194 g/mol. The highest BCUT2D eigenvalue weighted by molar-refractivity contribution is 5.03. The van der Waals surface area contributed by atoms with E-state index in [1.807, 2.05) is 0 Å². The van der Waals surface area contributed by atoms with Gasteiger partial charge in [-0.25, -0.2) is 0 Å². The molecular formula is C12H22N2. The lowest BCUT2D eigenvalue weighted by Crippen LogP contribution is -2.34. The first-order valence-corrected chi connectivity index (χ1v) is 6.20. The second-order valence-corrected chi connectivity index (χ2v) is 5.73. The molecule has 1 saturated heterocycles. The Morgan fingerprint density at radius 1 is 1.21 bits per heavy atom. The maximum absolute atomic E-state index is 3.84. The molecular weight excluding hydrogens is 172 g/mol. The number of likely N-dealkylation sites (N-methyl/N-ethyl adjacent to an activating group) is 1. The van der Waals surface area contributed by atoms with E-state index in [4.69, 9.17) is 0 Å². The van der Waals surface area contributed by atoms with Gasteiger partial charge in [0.2, 0.25) is 0 Å². The molecule has 1 N–H and O–H groups in total. The van der Waals surface area contributed by atoms with Crippen LogP contribution >= 0.6 is 0 Å². The van der Waals surface area contributed by atoms with Gasteiger partial charge in [0.1, 0.15) is 0 Å². The number of hydrogen-bond donors (Lipinski definition) is 1. The third-order valence-electron chi connectivity index (χ3n) is 4.40. The van der Waals surface area contributed by atoms with Crippen LogP contribution in [0.15, 0.2) is 0 Å². The fourth-order valence-corrected chi connectivity index (χ4v) is 3.07. The predicted molar refractivity (Wildman–Crippen MR) is 58.3 cm³/mol. The predicted octanol–water partition coefficient (Wildman–Crippen LogP) is 1.47. The molecule has 2 heteroatoms. The standard InChI is InChI=1S/C12H22N2/c1-8-5-10(7-14(8)2)13-12-6-11(12)9-3-4-9/h8-13H,3-7H2,1-2H3. The Morgan fingerprint density at radius 3 is 2.57 bits per heavy atom. The molecule has 0 aromatic heterocycles. The van der Waals surface area contributed by atoms with Crippen molar-refractivity contribution < 1.29 is 0 Å². The zero-order chi connectivity index (χ0) is 9.71. The smallest absolute Gasteiger partial charge is 0.0212 e. The van der Waals surface area contributed by atoms with Gasteiger partial charge in [-0.05, 0) is 51.5 Å². The fourth-order valence-electron chi connectivity index (χ4n) is 3.07. The van der Waals surface area contributed by atoms with Gasteiger partial charge >= 0.3 is 0 Å². The molecule has 1 aliphatic heterocycles. The Bertz CT molecular complexity index is 214. The van der Waals surface area contributed by atoms with Crippen LogP contribution in [0, 0.1) is 11.8 Å². The lowest BCUT2D eigenvalue weighted by atomic mass is 10.2. The first-order valence-electron chi connectivity index (χ1n) is 6.20. The van der Waals surface area contributed by atoms with Crippen LogP contribution in [-0.4, -0.2) is 36.6 Å². The Kier molecular flexibility index (Phi) is 2.10. The summed E-state index contributed by atoms with van der Waals surface area (Å²) in [5, 5.41) is 3.84. The first kappa shape index (κ1) is 9.17. The van der Waals surface area contributed by atoms with Gasteiger partial charge < -0.3 is 10.2 Å². The molecule has 0 aromatic carbocycles. The van der Waals surface area contributed by atoms with Crippen LogP contribution in [0.5, 0.6) is 0 Å². The minimum Gasteiger partial charge on any atom is -0.310 e. The van der Waals surface area contributed by atoms with Crippen LogP contribution < -0.4 is 5.32 Å². The van der Waals surface area contributed by atoms with Crippen molar-refractivity contribution in [3.8, 4) is 0 Å². The number of nitrogens with one attached hydrogen (secondary N) is 1. The average Bonchev–Trinajstić information content (AvgIpc) is 2.95. The van der Waals surface area contributed by atoms with Gasteiger partial charge in [0, 0.05) is 24.7 Å². The molecule has 80 valence electrons. The summed E-state index contributed by atoms with van der Waals surface area (Å²) in [6.07, 6.45) is 5.86. The molecule has 14 heavy (non-hydrogen) atoms. The number of hydrogen-bond acceptors (Lipinski definition) is 2. The van der Waals surface area contributed by atoms with Gasteiger partial charge in [0.05, 0.1) is 0 Å². The highest BCUT2D eigenvalue weighted by atomic mass is 15.2. The van der Waals surface area contributed by atoms with E-state index in [9.17, 15) is 0 Å². The summed E-state index contributed by atoms with van der Waals surface area (Å²) in [7, 11) is 2.25. The van der Waals surface area contributed by atoms with Crippen molar-refractivity contribution >= 4 is 0 Å². The van der Waals surface area contributed by atoms with Crippen LogP contribution in [0.4, 0.5) is 0 Å². The van der Waals surface area contributed by atoms with E-state index in [-0.39, 0.29) is 0 Å². The van der Waals surface area contributed by atoms with Crippen molar-refractivity contribution in [3.05, 3.63) is 0 Å². The van der Waals surface area contributed by atoms with Crippen LogP contribution in [0.25, 0.3) is 0 Å². The summed E-state index contributed by atoms with van der Waals surface area (Å²) >= 11 is 0. The van der Waals surface area contributed by atoms with Crippen molar-refractivity contribution in [2.24, 2.45) is 11.8 Å². The molecule has 2 saturated carbocycles. The Labute approximate surface area is 87.0 Å². The highest BCUT2D eigenvalue weighted by Gasteiger charge is 2.48. The molecule has 3 fully saturated rings. The minimum atomic E-state index is 0.781. The molecule has 1 heterocycles. The molecule has 3 aliphatic rings. The SMILES string of the molecule is CC1CC(NC2CC2C2CC2)CN1C. The average molecular weight is 194 g/mol. The van der Waals surface area contributed by atoms with Crippen molar-refractivity contribution in [1.82, 2.24) is 10.2 Å². The van der Waals surface area contributed by atoms with Crippen molar-refractivity contribution in [2.45, 2.75) is 50.7 Å². The summed E-state index contributed by atoms with van der Waals surface area (Å²) in [5.41, 5.74) is 0. The van der Waals surface area contributed by atoms with E-state index in [1.165, 1.54) is 32.2 Å². The summed E-state index contributed by atoms with van der Waals surface area (Å²) in [5.74, 6) is 2.18. The van der Waals surface area contributed by atoms with Gasteiger partial charge in [0.25, 0.3) is 0 Å². The van der Waals surface area contributed by atoms with Gasteiger partial charge in [-0.2, -0.15) is 0 Å². The van der Waals surface area contributed by atoms with Crippen molar-refractivity contribution in [1.29, 1.82) is 0 Å². The molecule has 3 rings (SSSR count). The van der Waals surface area contributed by atoms with Crippen molar-refractivity contribution in [2.75, 3.05) is 13.6 Å². The molecule has 0 radical (unpaired) electrons. The van der Waals surface area contributed by atoms with E-state index < -0.39 is 0 Å². The van der Waals surface area contributed by atoms with E-state index in [2.05, 4.69) is 24.2 Å². The molecule has 2 nitrogen and oxygen atoms in total. The third kappa shape index (κ3) is 1.70. The van der Waals surface area contributed by atoms with Gasteiger partial charge in [0.15, 0.2) is 0 Å². The Hall–Kier alpha value is -0.0800. The molecule has 0 spiro atoms. The highest BCUT2D eigenvalue weighted by Crippen LogP contribution is 2.50. The van der Waals surface area contributed by atoms with Crippen LogP contribution in [-0.2, 0) is 0 Å².